The van der Waals surface area contributed by atoms with Gasteiger partial charge in [-0.1, -0.05) is 57.2 Å². The van der Waals surface area contributed by atoms with Crippen molar-refractivity contribution in [2.75, 3.05) is 32.8 Å². The molecular formula is C25H32N2O4S. The average molecular weight is 457 g/mol. The van der Waals surface area contributed by atoms with Gasteiger partial charge in [0.2, 0.25) is 15.9 Å². The van der Waals surface area contributed by atoms with Crippen molar-refractivity contribution in [1.82, 2.24) is 9.62 Å². The molecule has 7 heteroatoms. The maximum absolute atomic E-state index is 12.7. The van der Waals surface area contributed by atoms with Gasteiger partial charge in [-0.05, 0) is 46.7 Å². The van der Waals surface area contributed by atoms with E-state index in [-0.39, 0.29) is 16.2 Å². The summed E-state index contributed by atoms with van der Waals surface area (Å²) in [6.45, 7) is 8.59. The molecule has 1 amide bonds. The van der Waals surface area contributed by atoms with Crippen LogP contribution in [-0.4, -0.2) is 51.5 Å². The lowest BCUT2D eigenvalue weighted by atomic mass is 9.87. The zero-order chi connectivity index (χ0) is 23.2. The maximum atomic E-state index is 12.7. The number of amides is 1. The highest BCUT2D eigenvalue weighted by Gasteiger charge is 2.26. The molecule has 6 nitrogen and oxygen atoms in total. The normalized spacial score (nSPS) is 15.7. The highest BCUT2D eigenvalue weighted by atomic mass is 32.2. The van der Waals surface area contributed by atoms with Gasteiger partial charge in [0.1, 0.15) is 0 Å². The fourth-order valence-corrected chi connectivity index (χ4v) is 4.83. The monoisotopic (exact) mass is 456 g/mol. The van der Waals surface area contributed by atoms with Gasteiger partial charge in [0, 0.05) is 25.7 Å². The minimum atomic E-state index is -3.48. The van der Waals surface area contributed by atoms with Crippen LogP contribution in [-0.2, 0) is 31.4 Å². The van der Waals surface area contributed by atoms with Crippen molar-refractivity contribution >= 4 is 22.0 Å². The summed E-state index contributed by atoms with van der Waals surface area (Å²) in [6, 6.07) is 15.0. The van der Waals surface area contributed by atoms with Crippen LogP contribution in [0.2, 0.25) is 0 Å². The van der Waals surface area contributed by atoms with Gasteiger partial charge in [0.25, 0.3) is 0 Å². The van der Waals surface area contributed by atoms with Gasteiger partial charge >= 0.3 is 0 Å². The first kappa shape index (κ1) is 24.2. The Morgan fingerprint density at radius 3 is 2.25 bits per heavy atom. The van der Waals surface area contributed by atoms with Crippen LogP contribution >= 0.6 is 0 Å². The summed E-state index contributed by atoms with van der Waals surface area (Å²) < 4.78 is 32.0. The summed E-state index contributed by atoms with van der Waals surface area (Å²) in [4.78, 5) is 12.4. The summed E-state index contributed by atoms with van der Waals surface area (Å²) in [7, 11) is -3.48. The minimum Gasteiger partial charge on any atom is -0.379 e. The Hall–Kier alpha value is -2.48. The number of morpholine rings is 1. The number of rotatable bonds is 7. The van der Waals surface area contributed by atoms with Gasteiger partial charge < -0.3 is 10.1 Å². The van der Waals surface area contributed by atoms with Crippen molar-refractivity contribution < 1.29 is 17.9 Å². The largest absolute Gasteiger partial charge is 0.379 e. The molecule has 1 fully saturated rings. The molecule has 0 bridgehead atoms. The van der Waals surface area contributed by atoms with E-state index in [1.54, 1.807) is 30.3 Å². The molecule has 172 valence electrons. The minimum absolute atomic E-state index is 0.102. The van der Waals surface area contributed by atoms with E-state index in [0.717, 1.165) is 11.1 Å². The Bertz CT molecular complexity index is 1030. The van der Waals surface area contributed by atoms with Gasteiger partial charge in [-0.3, -0.25) is 4.79 Å². The standard InChI is InChI=1S/C25H32N2O4S/c1-25(2,3)22-9-4-20(5-10-22)8-13-24(28)26-15-14-21-6-11-23(12-7-21)32(29,30)27-16-18-31-19-17-27/h4-13H,14-19H2,1-3H3,(H,26,28)/b13-8+. The molecule has 0 atom stereocenters. The number of ether oxygens (including phenoxy) is 1. The molecule has 2 aromatic rings. The van der Waals surface area contributed by atoms with E-state index >= 15 is 0 Å². The number of carbonyl (C=O) groups is 1. The Balaban J connectivity index is 1.47. The number of sulfonamides is 1. The number of carbonyl (C=O) groups excluding carboxylic acids is 1. The van der Waals surface area contributed by atoms with E-state index in [0.29, 0.717) is 39.3 Å². The molecular weight excluding hydrogens is 424 g/mol. The summed E-state index contributed by atoms with van der Waals surface area (Å²) in [5.74, 6) is -0.156. The molecule has 1 aliphatic heterocycles. The van der Waals surface area contributed by atoms with Gasteiger partial charge in [-0.2, -0.15) is 4.31 Å². The maximum Gasteiger partial charge on any atom is 0.244 e. The Kier molecular flexibility index (Phi) is 7.87. The lowest BCUT2D eigenvalue weighted by Gasteiger charge is -2.26. The van der Waals surface area contributed by atoms with E-state index in [2.05, 4.69) is 38.2 Å². The predicted octanol–water partition coefficient (Wildman–Crippen LogP) is 3.38. The Morgan fingerprint density at radius 2 is 1.66 bits per heavy atom. The van der Waals surface area contributed by atoms with Gasteiger partial charge in [-0.15, -0.1) is 0 Å². The van der Waals surface area contributed by atoms with E-state index in [4.69, 9.17) is 4.74 Å². The summed E-state index contributed by atoms with van der Waals surface area (Å²) in [5.41, 5.74) is 3.30. The second-order valence-corrected chi connectivity index (χ2v) is 10.8. The second-order valence-electron chi connectivity index (χ2n) is 8.91. The van der Waals surface area contributed by atoms with Gasteiger partial charge in [0.05, 0.1) is 18.1 Å². The third-order valence-corrected chi connectivity index (χ3v) is 7.36. The first-order valence-corrected chi connectivity index (χ1v) is 12.3. The summed E-state index contributed by atoms with van der Waals surface area (Å²) in [5, 5.41) is 2.87. The number of hydrogen-bond donors (Lipinski definition) is 1. The zero-order valence-corrected chi connectivity index (χ0v) is 19.8. The Labute approximate surface area is 191 Å². The van der Waals surface area contributed by atoms with Gasteiger partial charge in [-0.25, -0.2) is 8.42 Å². The molecule has 0 radical (unpaired) electrons. The molecule has 2 aromatic carbocycles. The van der Waals surface area contributed by atoms with Gasteiger partial charge in [0.15, 0.2) is 0 Å². The van der Waals surface area contributed by atoms with Crippen LogP contribution in [0.1, 0.15) is 37.5 Å². The Morgan fingerprint density at radius 1 is 1.03 bits per heavy atom. The molecule has 1 aliphatic rings. The van der Waals surface area contributed by atoms with Crippen molar-refractivity contribution in [1.29, 1.82) is 0 Å². The third-order valence-electron chi connectivity index (χ3n) is 5.45. The van der Waals surface area contributed by atoms with E-state index in [9.17, 15) is 13.2 Å². The molecule has 0 spiro atoms. The van der Waals surface area contributed by atoms with E-state index < -0.39 is 10.0 Å². The lowest BCUT2D eigenvalue weighted by Crippen LogP contribution is -2.40. The van der Waals surface area contributed by atoms with E-state index in [1.165, 1.54) is 15.9 Å². The van der Waals surface area contributed by atoms with Crippen molar-refractivity contribution in [2.24, 2.45) is 0 Å². The molecule has 0 aromatic heterocycles. The highest BCUT2D eigenvalue weighted by molar-refractivity contribution is 7.89. The second kappa shape index (κ2) is 10.4. The molecule has 0 aliphatic carbocycles. The van der Waals surface area contributed by atoms with Crippen molar-refractivity contribution in [3.05, 3.63) is 71.3 Å². The van der Waals surface area contributed by atoms with Crippen molar-refractivity contribution in [3.8, 4) is 0 Å². The fourth-order valence-electron chi connectivity index (χ4n) is 3.42. The van der Waals surface area contributed by atoms with Crippen molar-refractivity contribution in [2.45, 2.75) is 37.5 Å². The van der Waals surface area contributed by atoms with Crippen LogP contribution in [0, 0.1) is 0 Å². The average Bonchev–Trinajstić information content (AvgIpc) is 2.78. The predicted molar refractivity (Wildman–Crippen MR) is 127 cm³/mol. The SMILES string of the molecule is CC(C)(C)c1ccc(/C=C/C(=O)NCCc2ccc(S(=O)(=O)N3CCOCC3)cc2)cc1. The fraction of sp³-hybridized carbons (Fsp3) is 0.400. The number of nitrogens with one attached hydrogen (secondary N) is 1. The smallest absolute Gasteiger partial charge is 0.244 e. The molecule has 3 rings (SSSR count). The van der Waals surface area contributed by atoms with Crippen LogP contribution in [0.5, 0.6) is 0 Å². The van der Waals surface area contributed by atoms with Crippen LogP contribution < -0.4 is 5.32 Å². The third kappa shape index (κ3) is 6.51. The number of hydrogen-bond acceptors (Lipinski definition) is 4. The van der Waals surface area contributed by atoms with Crippen LogP contribution in [0.4, 0.5) is 0 Å². The van der Waals surface area contributed by atoms with Crippen LogP contribution in [0.3, 0.4) is 0 Å². The van der Waals surface area contributed by atoms with Crippen LogP contribution in [0.15, 0.2) is 59.5 Å². The topological polar surface area (TPSA) is 75.7 Å². The summed E-state index contributed by atoms with van der Waals surface area (Å²) >= 11 is 0. The number of benzene rings is 2. The molecule has 1 saturated heterocycles. The lowest BCUT2D eigenvalue weighted by molar-refractivity contribution is -0.116. The molecule has 32 heavy (non-hydrogen) atoms. The molecule has 0 saturated carbocycles. The molecule has 1 N–H and O–H groups in total. The highest BCUT2D eigenvalue weighted by Crippen LogP contribution is 2.22. The summed E-state index contributed by atoms with van der Waals surface area (Å²) in [6.07, 6.45) is 3.95. The van der Waals surface area contributed by atoms with Crippen LogP contribution in [0.25, 0.3) is 6.08 Å². The van der Waals surface area contributed by atoms with Crippen molar-refractivity contribution in [3.63, 3.8) is 0 Å². The number of nitrogens with zero attached hydrogens (tertiary/aromatic N) is 1. The molecule has 0 unspecified atom stereocenters. The quantitative estimate of drug-likeness (QED) is 0.648. The van der Waals surface area contributed by atoms with E-state index in [1.807, 2.05) is 12.1 Å². The first-order chi connectivity index (χ1) is 15.2. The first-order valence-electron chi connectivity index (χ1n) is 10.9. The zero-order valence-electron chi connectivity index (χ0n) is 19.0. The molecule has 1 heterocycles.